The molecule has 0 spiro atoms. The van der Waals surface area contributed by atoms with Gasteiger partial charge in [0, 0.05) is 13.1 Å². The number of nitrogens with zero attached hydrogens (tertiary/aromatic N) is 1. The highest BCUT2D eigenvalue weighted by atomic mass is 16.3. The second kappa shape index (κ2) is 6.55. The predicted molar refractivity (Wildman–Crippen MR) is 39.6 cm³/mol. The van der Waals surface area contributed by atoms with Gasteiger partial charge in [0.25, 0.3) is 0 Å². The van der Waals surface area contributed by atoms with E-state index in [9.17, 15) is 4.79 Å². The van der Waals surface area contributed by atoms with E-state index >= 15 is 0 Å². The summed E-state index contributed by atoms with van der Waals surface area (Å²) in [7, 11) is 0. The van der Waals surface area contributed by atoms with Crippen molar-refractivity contribution >= 4 is 6.41 Å². The van der Waals surface area contributed by atoms with Crippen LogP contribution in [0.25, 0.3) is 0 Å². The second-order valence-electron chi connectivity index (χ2n) is 2.22. The zero-order valence-electron chi connectivity index (χ0n) is 6.42. The molecule has 0 aliphatic carbocycles. The molecule has 0 radical (unpaired) electrons. The largest absolute Gasteiger partial charge is 0.395 e. The van der Waals surface area contributed by atoms with Gasteiger partial charge in [-0.2, -0.15) is 0 Å². The minimum atomic E-state index is 0.0580. The van der Waals surface area contributed by atoms with Crippen LogP contribution in [-0.2, 0) is 4.79 Å². The SMILES string of the molecule is CCCCN(C=O)CCO. The zero-order chi connectivity index (χ0) is 7.82. The van der Waals surface area contributed by atoms with Crippen molar-refractivity contribution in [3.8, 4) is 0 Å². The summed E-state index contributed by atoms with van der Waals surface area (Å²) >= 11 is 0. The van der Waals surface area contributed by atoms with Crippen LogP contribution in [0.5, 0.6) is 0 Å². The smallest absolute Gasteiger partial charge is 0.209 e. The molecule has 10 heavy (non-hydrogen) atoms. The highest BCUT2D eigenvalue weighted by molar-refractivity contribution is 5.46. The van der Waals surface area contributed by atoms with E-state index in [-0.39, 0.29) is 6.61 Å². The summed E-state index contributed by atoms with van der Waals surface area (Å²) in [6.45, 7) is 3.36. The zero-order valence-corrected chi connectivity index (χ0v) is 6.42. The van der Waals surface area contributed by atoms with E-state index in [0.717, 1.165) is 25.8 Å². The molecule has 0 aromatic rings. The topological polar surface area (TPSA) is 40.5 Å². The fourth-order valence-corrected chi connectivity index (χ4v) is 0.707. The Balaban J connectivity index is 3.29. The van der Waals surface area contributed by atoms with Crippen molar-refractivity contribution in [2.24, 2.45) is 0 Å². The Morgan fingerprint density at radius 2 is 2.20 bits per heavy atom. The van der Waals surface area contributed by atoms with Crippen LogP contribution in [0.2, 0.25) is 0 Å². The maximum atomic E-state index is 10.2. The fourth-order valence-electron chi connectivity index (χ4n) is 0.707. The Bertz CT molecular complexity index is 85.7. The standard InChI is InChI=1S/C7H15NO2/c1-2-3-4-8(7-10)5-6-9/h7,9H,2-6H2,1H3. The molecule has 0 bridgehead atoms. The van der Waals surface area contributed by atoms with E-state index in [1.54, 1.807) is 4.90 Å². The molecule has 0 unspecified atom stereocenters. The summed E-state index contributed by atoms with van der Waals surface area (Å²) in [5.74, 6) is 0. The van der Waals surface area contributed by atoms with Gasteiger partial charge in [-0.1, -0.05) is 13.3 Å². The molecule has 3 heteroatoms. The lowest BCUT2D eigenvalue weighted by molar-refractivity contribution is -0.118. The van der Waals surface area contributed by atoms with E-state index < -0.39 is 0 Å². The third-order valence-electron chi connectivity index (χ3n) is 1.34. The Morgan fingerprint density at radius 1 is 1.50 bits per heavy atom. The van der Waals surface area contributed by atoms with E-state index in [1.165, 1.54) is 0 Å². The lowest BCUT2D eigenvalue weighted by Crippen LogP contribution is -2.26. The van der Waals surface area contributed by atoms with Gasteiger partial charge in [-0.3, -0.25) is 4.79 Å². The molecule has 60 valence electrons. The Morgan fingerprint density at radius 3 is 2.60 bits per heavy atom. The van der Waals surface area contributed by atoms with Gasteiger partial charge in [-0.25, -0.2) is 0 Å². The number of aliphatic hydroxyl groups excluding tert-OH is 1. The van der Waals surface area contributed by atoms with Gasteiger partial charge in [0.2, 0.25) is 6.41 Å². The number of rotatable bonds is 6. The minimum Gasteiger partial charge on any atom is -0.395 e. The molecule has 0 saturated carbocycles. The third kappa shape index (κ3) is 4.32. The monoisotopic (exact) mass is 145 g/mol. The molecule has 0 rings (SSSR count). The molecule has 3 nitrogen and oxygen atoms in total. The average Bonchev–Trinajstić information content (AvgIpc) is 1.98. The van der Waals surface area contributed by atoms with Crippen molar-refractivity contribution in [2.45, 2.75) is 19.8 Å². The van der Waals surface area contributed by atoms with Crippen LogP contribution >= 0.6 is 0 Å². The van der Waals surface area contributed by atoms with Crippen molar-refractivity contribution in [3.63, 3.8) is 0 Å². The first-order valence-electron chi connectivity index (χ1n) is 3.65. The first-order chi connectivity index (χ1) is 4.85. The maximum absolute atomic E-state index is 10.2. The molecule has 1 N–H and O–H groups in total. The van der Waals surface area contributed by atoms with Crippen LogP contribution in [-0.4, -0.2) is 36.1 Å². The third-order valence-corrected chi connectivity index (χ3v) is 1.34. The van der Waals surface area contributed by atoms with Gasteiger partial charge in [0.05, 0.1) is 6.61 Å². The van der Waals surface area contributed by atoms with Gasteiger partial charge in [0.1, 0.15) is 0 Å². The van der Waals surface area contributed by atoms with Gasteiger partial charge in [0.15, 0.2) is 0 Å². The quantitative estimate of drug-likeness (QED) is 0.544. The summed E-state index contributed by atoms with van der Waals surface area (Å²) < 4.78 is 0. The van der Waals surface area contributed by atoms with Crippen LogP contribution in [0.4, 0.5) is 0 Å². The van der Waals surface area contributed by atoms with E-state index in [2.05, 4.69) is 6.92 Å². The van der Waals surface area contributed by atoms with E-state index in [0.29, 0.717) is 6.54 Å². The molecule has 0 aromatic heterocycles. The molecule has 0 aromatic carbocycles. The fraction of sp³-hybridized carbons (Fsp3) is 0.857. The molecule has 1 amide bonds. The van der Waals surface area contributed by atoms with Crippen LogP contribution in [0.15, 0.2) is 0 Å². The predicted octanol–water partition coefficient (Wildman–Crippen LogP) is 0.237. The number of aliphatic hydroxyl groups is 1. The molecular weight excluding hydrogens is 130 g/mol. The van der Waals surface area contributed by atoms with Gasteiger partial charge < -0.3 is 10.0 Å². The molecule has 0 atom stereocenters. The van der Waals surface area contributed by atoms with Gasteiger partial charge >= 0.3 is 0 Å². The Kier molecular flexibility index (Phi) is 6.18. The molecule has 0 aliphatic rings. The second-order valence-corrected chi connectivity index (χ2v) is 2.22. The number of carbonyl (C=O) groups excluding carboxylic acids is 1. The summed E-state index contributed by atoms with van der Waals surface area (Å²) in [6.07, 6.45) is 2.88. The number of unbranched alkanes of at least 4 members (excludes halogenated alkanes) is 1. The van der Waals surface area contributed by atoms with Gasteiger partial charge in [-0.05, 0) is 6.42 Å². The van der Waals surface area contributed by atoms with Crippen molar-refractivity contribution in [3.05, 3.63) is 0 Å². The van der Waals surface area contributed by atoms with E-state index in [1.807, 2.05) is 0 Å². The highest BCUT2D eigenvalue weighted by Gasteiger charge is 1.96. The first-order valence-corrected chi connectivity index (χ1v) is 3.65. The highest BCUT2D eigenvalue weighted by Crippen LogP contribution is 1.90. The van der Waals surface area contributed by atoms with Crippen LogP contribution in [0.3, 0.4) is 0 Å². The Labute approximate surface area is 61.6 Å². The Hall–Kier alpha value is -0.570. The van der Waals surface area contributed by atoms with Crippen molar-refractivity contribution in [1.29, 1.82) is 0 Å². The van der Waals surface area contributed by atoms with Crippen LogP contribution in [0.1, 0.15) is 19.8 Å². The molecule has 0 fully saturated rings. The summed E-state index contributed by atoms with van der Waals surface area (Å²) in [5, 5.41) is 8.47. The molecule has 0 heterocycles. The molecule has 0 saturated heterocycles. The van der Waals surface area contributed by atoms with Crippen molar-refractivity contribution in [2.75, 3.05) is 19.7 Å². The van der Waals surface area contributed by atoms with Crippen molar-refractivity contribution in [1.82, 2.24) is 4.90 Å². The first kappa shape index (κ1) is 9.43. The lowest BCUT2D eigenvalue weighted by atomic mass is 10.3. The van der Waals surface area contributed by atoms with Crippen LogP contribution < -0.4 is 0 Å². The lowest BCUT2D eigenvalue weighted by Gasteiger charge is -2.14. The van der Waals surface area contributed by atoms with Crippen LogP contribution in [0, 0.1) is 0 Å². The maximum Gasteiger partial charge on any atom is 0.209 e. The number of carbonyl (C=O) groups is 1. The normalized spacial score (nSPS) is 9.40. The van der Waals surface area contributed by atoms with Gasteiger partial charge in [-0.15, -0.1) is 0 Å². The minimum absolute atomic E-state index is 0.0580. The summed E-state index contributed by atoms with van der Waals surface area (Å²) in [4.78, 5) is 11.8. The molecular formula is C7H15NO2. The summed E-state index contributed by atoms with van der Waals surface area (Å²) in [5.41, 5.74) is 0. The molecule has 0 aliphatic heterocycles. The van der Waals surface area contributed by atoms with Crippen molar-refractivity contribution < 1.29 is 9.90 Å². The number of hydrogen-bond donors (Lipinski definition) is 1. The number of hydrogen-bond acceptors (Lipinski definition) is 2. The van der Waals surface area contributed by atoms with E-state index in [4.69, 9.17) is 5.11 Å². The number of amides is 1. The average molecular weight is 145 g/mol. The summed E-state index contributed by atoms with van der Waals surface area (Å²) in [6, 6.07) is 0.